The van der Waals surface area contributed by atoms with E-state index >= 15 is 0 Å². The van der Waals surface area contributed by atoms with Crippen LogP contribution in [0.25, 0.3) is 0 Å². The summed E-state index contributed by atoms with van der Waals surface area (Å²) in [6, 6.07) is 4.57. The summed E-state index contributed by atoms with van der Waals surface area (Å²) in [6.07, 6.45) is 0.160. The van der Waals surface area contributed by atoms with Gasteiger partial charge in [0.2, 0.25) is 5.91 Å². The van der Waals surface area contributed by atoms with Crippen LogP contribution in [-0.2, 0) is 11.2 Å². The van der Waals surface area contributed by atoms with Gasteiger partial charge in [-0.05, 0) is 24.7 Å². The summed E-state index contributed by atoms with van der Waals surface area (Å²) >= 11 is 0. The van der Waals surface area contributed by atoms with Crippen LogP contribution in [0.4, 0.5) is 4.39 Å². The quantitative estimate of drug-likeness (QED) is 0.880. The van der Waals surface area contributed by atoms with Gasteiger partial charge in [-0.2, -0.15) is 0 Å². The Morgan fingerprint density at radius 3 is 2.65 bits per heavy atom. The average Bonchev–Trinajstić information content (AvgIpc) is 2.41. The Bertz CT molecular complexity index is 473. The van der Waals surface area contributed by atoms with Crippen LogP contribution in [0.2, 0.25) is 0 Å². The van der Waals surface area contributed by atoms with E-state index in [1.54, 1.807) is 6.07 Å². The number of hydrogen-bond donors (Lipinski definition) is 1. The van der Waals surface area contributed by atoms with Crippen molar-refractivity contribution < 1.29 is 13.9 Å². The van der Waals surface area contributed by atoms with Gasteiger partial charge in [0.1, 0.15) is 0 Å². The minimum atomic E-state index is -0.447. The van der Waals surface area contributed by atoms with Gasteiger partial charge in [-0.3, -0.25) is 10.2 Å². The number of rotatable bonds is 4. The molecular weight excluding hydrogens is 261 g/mol. The van der Waals surface area contributed by atoms with Crippen LogP contribution in [0.1, 0.15) is 5.56 Å². The molecule has 0 saturated carbocycles. The van der Waals surface area contributed by atoms with E-state index in [1.807, 2.05) is 5.01 Å². The number of benzene rings is 1. The number of hydrogen-bond acceptors (Lipinski definition) is 4. The van der Waals surface area contributed by atoms with Crippen LogP contribution in [0.5, 0.6) is 5.75 Å². The highest BCUT2D eigenvalue weighted by Crippen LogP contribution is 2.17. The summed E-state index contributed by atoms with van der Waals surface area (Å²) in [6.45, 7) is 3.47. The Hall–Kier alpha value is -1.66. The monoisotopic (exact) mass is 281 g/mol. The van der Waals surface area contributed by atoms with Gasteiger partial charge in [-0.15, -0.1) is 0 Å². The molecule has 5 nitrogen and oxygen atoms in total. The predicted octanol–water partition coefficient (Wildman–Crippen LogP) is 0.655. The molecule has 0 aromatic heterocycles. The summed E-state index contributed by atoms with van der Waals surface area (Å²) in [5.74, 6) is -0.384. The number of carbonyl (C=O) groups is 1. The van der Waals surface area contributed by atoms with Crippen LogP contribution in [0, 0.1) is 5.82 Å². The van der Waals surface area contributed by atoms with Crippen LogP contribution in [-0.4, -0.2) is 56.2 Å². The Kier molecular flexibility index (Phi) is 4.92. The Labute approximate surface area is 118 Å². The third-order valence-corrected chi connectivity index (χ3v) is 3.37. The average molecular weight is 281 g/mol. The Morgan fingerprint density at radius 1 is 1.35 bits per heavy atom. The van der Waals surface area contributed by atoms with Crippen LogP contribution >= 0.6 is 0 Å². The van der Waals surface area contributed by atoms with Crippen molar-refractivity contribution in [2.75, 3.05) is 40.3 Å². The molecule has 2 rings (SSSR count). The molecule has 20 heavy (non-hydrogen) atoms. The van der Waals surface area contributed by atoms with E-state index in [0.29, 0.717) is 5.56 Å². The van der Waals surface area contributed by atoms with Crippen LogP contribution < -0.4 is 10.2 Å². The first-order valence-corrected chi connectivity index (χ1v) is 6.64. The Morgan fingerprint density at radius 2 is 2.05 bits per heavy atom. The fourth-order valence-electron chi connectivity index (χ4n) is 2.14. The van der Waals surface area contributed by atoms with Gasteiger partial charge < -0.3 is 9.64 Å². The molecule has 0 spiro atoms. The highest BCUT2D eigenvalue weighted by Gasteiger charge is 2.16. The van der Waals surface area contributed by atoms with Crippen molar-refractivity contribution in [1.29, 1.82) is 0 Å². The van der Waals surface area contributed by atoms with Crippen LogP contribution in [0.3, 0.4) is 0 Å². The summed E-state index contributed by atoms with van der Waals surface area (Å²) in [4.78, 5) is 14.1. The minimum Gasteiger partial charge on any atom is -0.494 e. The zero-order valence-electron chi connectivity index (χ0n) is 11.9. The van der Waals surface area contributed by atoms with E-state index in [-0.39, 0.29) is 18.1 Å². The zero-order valence-corrected chi connectivity index (χ0v) is 11.9. The second-order valence-corrected chi connectivity index (χ2v) is 4.97. The van der Waals surface area contributed by atoms with Crippen LogP contribution in [0.15, 0.2) is 18.2 Å². The normalized spacial score (nSPS) is 16.9. The smallest absolute Gasteiger partial charge is 0.238 e. The summed E-state index contributed by atoms with van der Waals surface area (Å²) in [5, 5.41) is 1.90. The first-order valence-electron chi connectivity index (χ1n) is 6.64. The highest BCUT2D eigenvalue weighted by molar-refractivity contribution is 5.78. The Balaban J connectivity index is 1.86. The van der Waals surface area contributed by atoms with Gasteiger partial charge in [0.05, 0.1) is 13.5 Å². The molecule has 1 amide bonds. The molecule has 1 N–H and O–H groups in total. The van der Waals surface area contributed by atoms with Gasteiger partial charge >= 0.3 is 0 Å². The number of amides is 1. The maximum absolute atomic E-state index is 13.5. The molecule has 1 aliphatic heterocycles. The number of likely N-dealkylation sites (N-methyl/N-ethyl adjacent to an activating group) is 1. The van der Waals surface area contributed by atoms with Crippen molar-refractivity contribution in [2.24, 2.45) is 0 Å². The molecule has 1 fully saturated rings. The predicted molar refractivity (Wildman–Crippen MR) is 73.9 cm³/mol. The van der Waals surface area contributed by atoms with Crippen molar-refractivity contribution in [3.05, 3.63) is 29.6 Å². The van der Waals surface area contributed by atoms with Crippen molar-refractivity contribution in [3.8, 4) is 5.75 Å². The SMILES string of the molecule is COc1ccc(CC(=O)NN2CCN(C)CC2)cc1F. The largest absolute Gasteiger partial charge is 0.494 e. The first-order chi connectivity index (χ1) is 9.58. The minimum absolute atomic E-state index is 0.126. The number of piperazine rings is 1. The topological polar surface area (TPSA) is 44.8 Å². The van der Waals surface area contributed by atoms with Crippen molar-refractivity contribution >= 4 is 5.91 Å². The van der Waals surface area contributed by atoms with E-state index in [0.717, 1.165) is 26.2 Å². The van der Waals surface area contributed by atoms with E-state index in [2.05, 4.69) is 17.4 Å². The van der Waals surface area contributed by atoms with Gasteiger partial charge in [0.15, 0.2) is 11.6 Å². The molecule has 6 heteroatoms. The molecular formula is C14H20FN3O2. The molecule has 1 aromatic carbocycles. The molecule has 1 aromatic rings. The standard InChI is InChI=1S/C14H20FN3O2/c1-17-5-7-18(8-6-17)16-14(19)10-11-3-4-13(20-2)12(15)9-11/h3-4,9H,5-8,10H2,1-2H3,(H,16,19). The molecule has 1 heterocycles. The number of methoxy groups -OCH3 is 1. The van der Waals surface area contributed by atoms with Gasteiger partial charge in [-0.25, -0.2) is 9.40 Å². The van der Waals surface area contributed by atoms with E-state index in [1.165, 1.54) is 19.2 Å². The van der Waals surface area contributed by atoms with Gasteiger partial charge in [0, 0.05) is 26.2 Å². The molecule has 110 valence electrons. The van der Waals surface area contributed by atoms with Gasteiger partial charge in [0.25, 0.3) is 0 Å². The molecule has 1 aliphatic rings. The molecule has 0 bridgehead atoms. The second-order valence-electron chi connectivity index (χ2n) is 4.97. The fraction of sp³-hybridized carbons (Fsp3) is 0.500. The molecule has 1 saturated heterocycles. The van der Waals surface area contributed by atoms with Crippen molar-refractivity contribution in [2.45, 2.75) is 6.42 Å². The number of nitrogens with zero attached hydrogens (tertiary/aromatic N) is 2. The molecule has 0 unspecified atom stereocenters. The third kappa shape index (κ3) is 3.91. The number of ether oxygens (including phenoxy) is 1. The number of carbonyl (C=O) groups excluding carboxylic acids is 1. The molecule has 0 atom stereocenters. The second kappa shape index (κ2) is 6.67. The summed E-state index contributed by atoms with van der Waals surface area (Å²) in [5.41, 5.74) is 3.48. The van der Waals surface area contributed by atoms with Crippen molar-refractivity contribution in [1.82, 2.24) is 15.3 Å². The van der Waals surface area contributed by atoms with Crippen molar-refractivity contribution in [3.63, 3.8) is 0 Å². The lowest BCUT2D eigenvalue weighted by molar-refractivity contribution is -0.126. The lowest BCUT2D eigenvalue weighted by atomic mass is 10.1. The zero-order chi connectivity index (χ0) is 14.5. The maximum atomic E-state index is 13.5. The lowest BCUT2D eigenvalue weighted by Crippen LogP contribution is -2.52. The van der Waals surface area contributed by atoms with Gasteiger partial charge in [-0.1, -0.05) is 6.07 Å². The fourth-order valence-corrected chi connectivity index (χ4v) is 2.14. The lowest BCUT2D eigenvalue weighted by Gasteiger charge is -2.32. The third-order valence-electron chi connectivity index (χ3n) is 3.37. The summed E-state index contributed by atoms with van der Waals surface area (Å²) < 4.78 is 18.4. The number of halogens is 1. The first kappa shape index (κ1) is 14.7. The van der Waals surface area contributed by atoms with E-state index in [9.17, 15) is 9.18 Å². The molecule has 0 aliphatic carbocycles. The maximum Gasteiger partial charge on any atom is 0.238 e. The van der Waals surface area contributed by atoms with E-state index in [4.69, 9.17) is 4.74 Å². The molecule has 0 radical (unpaired) electrons. The number of nitrogens with one attached hydrogen (secondary N) is 1. The van der Waals surface area contributed by atoms with E-state index < -0.39 is 5.82 Å². The number of hydrazine groups is 1. The summed E-state index contributed by atoms with van der Waals surface area (Å²) in [7, 11) is 3.47. The highest BCUT2D eigenvalue weighted by atomic mass is 19.1.